The van der Waals surface area contributed by atoms with Crippen molar-refractivity contribution in [3.63, 3.8) is 0 Å². The Kier molecular flexibility index (Phi) is 5.08. The fraction of sp³-hybridized carbons (Fsp3) is 0.533. The minimum atomic E-state index is -0.794. The van der Waals surface area contributed by atoms with E-state index >= 15 is 0 Å². The molecule has 0 aliphatic carbocycles. The van der Waals surface area contributed by atoms with Gasteiger partial charge in [-0.25, -0.2) is 4.79 Å². The van der Waals surface area contributed by atoms with Crippen molar-refractivity contribution in [1.82, 2.24) is 9.79 Å². The van der Waals surface area contributed by atoms with Crippen molar-refractivity contribution < 1.29 is 19.8 Å². The zero-order valence-electron chi connectivity index (χ0n) is 12.7. The number of carbonyl (C=O) groups excluding carboxylic acids is 1. The Bertz CT molecular complexity index is 537. The standard InChI is InChI=1S/C15H21N3O4S/c19-14-18(12-4-2-1-3-5-12)13(10-22-14)17-8-6-15(20,7-9-17)11-23-16-21/h1-5,13,16,20-21H,6-11H2. The molecule has 1 unspecified atom stereocenters. The van der Waals surface area contributed by atoms with Crippen LogP contribution < -0.4 is 9.79 Å². The third kappa shape index (κ3) is 3.61. The minimum absolute atomic E-state index is 0.141. The first-order chi connectivity index (χ1) is 11.1. The molecule has 2 aliphatic heterocycles. The number of carbonyl (C=O) groups is 1. The highest BCUT2D eigenvalue weighted by Gasteiger charge is 2.42. The number of benzene rings is 1. The van der Waals surface area contributed by atoms with Gasteiger partial charge in [0.15, 0.2) is 0 Å². The Morgan fingerprint density at radius 2 is 2.00 bits per heavy atom. The summed E-state index contributed by atoms with van der Waals surface area (Å²) in [7, 11) is 0. The zero-order chi connectivity index (χ0) is 16.3. The topological polar surface area (TPSA) is 85.3 Å². The van der Waals surface area contributed by atoms with E-state index in [1.54, 1.807) is 4.90 Å². The molecule has 0 aromatic heterocycles. The summed E-state index contributed by atoms with van der Waals surface area (Å²) in [6, 6.07) is 9.48. The van der Waals surface area contributed by atoms with Crippen LogP contribution in [0, 0.1) is 0 Å². The summed E-state index contributed by atoms with van der Waals surface area (Å²) in [6.45, 7) is 1.68. The van der Waals surface area contributed by atoms with Gasteiger partial charge in [-0.3, -0.25) is 9.80 Å². The molecule has 8 heteroatoms. The minimum Gasteiger partial charge on any atom is -0.445 e. The van der Waals surface area contributed by atoms with Gasteiger partial charge >= 0.3 is 6.09 Å². The number of para-hydroxylation sites is 1. The summed E-state index contributed by atoms with van der Waals surface area (Å²) in [5, 5.41) is 19.1. The SMILES string of the molecule is O=C1OCC(N2CCC(O)(CSNO)CC2)N1c1ccccc1. The fourth-order valence-electron chi connectivity index (χ4n) is 3.10. The molecule has 2 heterocycles. The summed E-state index contributed by atoms with van der Waals surface area (Å²) < 4.78 is 5.24. The molecule has 0 saturated carbocycles. The number of hydrogen-bond acceptors (Lipinski definition) is 7. The van der Waals surface area contributed by atoms with Gasteiger partial charge in [-0.2, -0.15) is 0 Å². The number of rotatable bonds is 5. The maximum absolute atomic E-state index is 12.1. The summed E-state index contributed by atoms with van der Waals surface area (Å²) in [5.41, 5.74) is 0.0265. The number of amides is 1. The molecule has 0 bridgehead atoms. The van der Waals surface area contributed by atoms with Crippen molar-refractivity contribution in [2.45, 2.75) is 24.6 Å². The number of hydrogen-bond donors (Lipinski definition) is 3. The Morgan fingerprint density at radius 3 is 2.65 bits per heavy atom. The molecule has 1 atom stereocenters. The number of aliphatic hydroxyl groups is 1. The Hall–Kier alpha value is -1.32. The lowest BCUT2D eigenvalue weighted by molar-refractivity contribution is -0.0138. The molecule has 3 N–H and O–H groups in total. The molecule has 23 heavy (non-hydrogen) atoms. The van der Waals surface area contributed by atoms with Crippen molar-refractivity contribution in [3.05, 3.63) is 30.3 Å². The van der Waals surface area contributed by atoms with Crippen molar-refractivity contribution in [3.8, 4) is 0 Å². The van der Waals surface area contributed by atoms with Crippen LogP contribution in [0.15, 0.2) is 30.3 Å². The molecule has 1 aromatic carbocycles. The highest BCUT2D eigenvalue weighted by molar-refractivity contribution is 7.97. The number of piperidine rings is 1. The Morgan fingerprint density at radius 1 is 1.30 bits per heavy atom. The molecule has 3 rings (SSSR count). The number of cyclic esters (lactones) is 1. The average molecular weight is 339 g/mol. The normalized spacial score (nSPS) is 24.7. The largest absolute Gasteiger partial charge is 0.445 e. The van der Waals surface area contributed by atoms with Crippen LogP contribution in [0.2, 0.25) is 0 Å². The molecule has 2 aliphatic rings. The van der Waals surface area contributed by atoms with Gasteiger partial charge in [0.25, 0.3) is 0 Å². The molecule has 126 valence electrons. The van der Waals surface area contributed by atoms with E-state index in [0.29, 0.717) is 38.3 Å². The first-order valence-corrected chi connectivity index (χ1v) is 8.60. The maximum atomic E-state index is 12.1. The number of ether oxygens (including phenoxy) is 1. The van der Waals surface area contributed by atoms with Crippen molar-refractivity contribution >= 4 is 23.7 Å². The second kappa shape index (κ2) is 7.06. The van der Waals surface area contributed by atoms with Crippen LogP contribution in [0.3, 0.4) is 0 Å². The lowest BCUT2D eigenvalue weighted by Crippen LogP contribution is -2.54. The van der Waals surface area contributed by atoms with Gasteiger partial charge in [-0.15, -0.1) is 4.89 Å². The van der Waals surface area contributed by atoms with Crippen molar-refractivity contribution in [2.75, 3.05) is 30.3 Å². The van der Waals surface area contributed by atoms with E-state index in [-0.39, 0.29) is 12.3 Å². The number of anilines is 1. The van der Waals surface area contributed by atoms with E-state index in [0.717, 1.165) is 17.6 Å². The highest BCUT2D eigenvalue weighted by Crippen LogP contribution is 2.30. The van der Waals surface area contributed by atoms with Gasteiger partial charge < -0.3 is 15.1 Å². The van der Waals surface area contributed by atoms with Crippen LogP contribution in [0.4, 0.5) is 10.5 Å². The van der Waals surface area contributed by atoms with Gasteiger partial charge in [0.2, 0.25) is 0 Å². The number of nitrogens with one attached hydrogen (secondary N) is 1. The van der Waals surface area contributed by atoms with E-state index in [9.17, 15) is 9.90 Å². The molecule has 0 radical (unpaired) electrons. The third-order valence-corrected chi connectivity index (χ3v) is 5.25. The predicted octanol–water partition coefficient (Wildman–Crippen LogP) is 1.42. The van der Waals surface area contributed by atoms with E-state index < -0.39 is 5.60 Å². The molecule has 2 saturated heterocycles. The maximum Gasteiger partial charge on any atom is 0.415 e. The van der Waals surface area contributed by atoms with Crippen LogP contribution in [-0.2, 0) is 4.74 Å². The van der Waals surface area contributed by atoms with Crippen LogP contribution in [0.5, 0.6) is 0 Å². The van der Waals surface area contributed by atoms with Gasteiger partial charge in [0.1, 0.15) is 12.8 Å². The summed E-state index contributed by atoms with van der Waals surface area (Å²) >= 11 is 1.09. The number of nitrogens with zero attached hydrogens (tertiary/aromatic N) is 2. The lowest BCUT2D eigenvalue weighted by atomic mass is 9.93. The third-order valence-electron chi connectivity index (χ3n) is 4.44. The first-order valence-electron chi connectivity index (χ1n) is 7.61. The van der Waals surface area contributed by atoms with Crippen LogP contribution >= 0.6 is 11.9 Å². The van der Waals surface area contributed by atoms with E-state index in [1.165, 1.54) is 0 Å². The highest BCUT2D eigenvalue weighted by atomic mass is 32.2. The van der Waals surface area contributed by atoms with Crippen LogP contribution in [-0.4, -0.2) is 58.5 Å². The quantitative estimate of drug-likeness (QED) is 0.552. The summed E-state index contributed by atoms with van der Waals surface area (Å²) in [6.07, 6.45) is 0.712. The summed E-state index contributed by atoms with van der Waals surface area (Å²) in [4.78, 5) is 17.9. The predicted molar refractivity (Wildman–Crippen MR) is 87.2 cm³/mol. The molecular weight excluding hydrogens is 318 g/mol. The van der Waals surface area contributed by atoms with Crippen LogP contribution in [0.25, 0.3) is 0 Å². The molecular formula is C15H21N3O4S. The van der Waals surface area contributed by atoms with Crippen molar-refractivity contribution in [2.24, 2.45) is 0 Å². The van der Waals surface area contributed by atoms with Gasteiger partial charge in [0, 0.05) is 24.5 Å². The zero-order valence-corrected chi connectivity index (χ0v) is 13.5. The van der Waals surface area contributed by atoms with E-state index in [2.05, 4.69) is 4.90 Å². The Labute approximate surface area is 139 Å². The molecule has 1 amide bonds. The number of likely N-dealkylation sites (tertiary alicyclic amines) is 1. The van der Waals surface area contributed by atoms with Crippen molar-refractivity contribution in [1.29, 1.82) is 0 Å². The second-order valence-corrected chi connectivity index (χ2v) is 6.66. The monoisotopic (exact) mass is 339 g/mol. The second-order valence-electron chi connectivity index (χ2n) is 5.90. The van der Waals surface area contributed by atoms with Gasteiger partial charge in [-0.1, -0.05) is 30.1 Å². The smallest absolute Gasteiger partial charge is 0.415 e. The lowest BCUT2D eigenvalue weighted by Gasteiger charge is -2.41. The van der Waals surface area contributed by atoms with E-state index in [1.807, 2.05) is 35.2 Å². The molecule has 1 aromatic rings. The van der Waals surface area contributed by atoms with Gasteiger partial charge in [-0.05, 0) is 25.0 Å². The molecule has 7 nitrogen and oxygen atoms in total. The van der Waals surface area contributed by atoms with Gasteiger partial charge in [0.05, 0.1) is 5.60 Å². The first kappa shape index (κ1) is 16.5. The molecule has 0 spiro atoms. The average Bonchev–Trinajstić information content (AvgIpc) is 2.96. The fourth-order valence-corrected chi connectivity index (χ4v) is 3.72. The Balaban J connectivity index is 1.66. The van der Waals surface area contributed by atoms with Crippen LogP contribution in [0.1, 0.15) is 12.8 Å². The van der Waals surface area contributed by atoms with E-state index in [4.69, 9.17) is 9.94 Å². The summed E-state index contributed by atoms with van der Waals surface area (Å²) in [5.74, 6) is 0.430. The molecule has 2 fully saturated rings.